The molecule has 4 nitrogen and oxygen atoms in total. The number of fused-ring (bicyclic) bond motifs is 6. The number of hydrogen-bond donors (Lipinski definition) is 0. The number of hydrogen-bond acceptors (Lipinski definition) is 2. The molecule has 2 aromatic heterocycles. The lowest BCUT2D eigenvalue weighted by atomic mass is 10.0. The molecule has 0 aliphatic heterocycles. The van der Waals surface area contributed by atoms with Gasteiger partial charge in [-0.3, -0.25) is 0 Å². The van der Waals surface area contributed by atoms with E-state index >= 15 is 0 Å². The van der Waals surface area contributed by atoms with Gasteiger partial charge in [-0.15, -0.1) is 0 Å². The van der Waals surface area contributed by atoms with Crippen LogP contribution in [0.2, 0.25) is 0 Å². The summed E-state index contributed by atoms with van der Waals surface area (Å²) in [5.74, 6) is 1.59. The molecule has 2 heterocycles. The summed E-state index contributed by atoms with van der Waals surface area (Å²) in [5.41, 5.74) is 12.0. The van der Waals surface area contributed by atoms with E-state index in [4.69, 9.17) is 4.74 Å². The Balaban J connectivity index is 1.12. The van der Waals surface area contributed by atoms with Gasteiger partial charge in [0.05, 0.1) is 34.0 Å². The molecule has 8 aromatic rings. The second-order valence-corrected chi connectivity index (χ2v) is 14.1. The van der Waals surface area contributed by atoms with E-state index in [1.54, 1.807) is 0 Å². The minimum absolute atomic E-state index is 0.232. The number of para-hydroxylation sites is 4. The summed E-state index contributed by atoms with van der Waals surface area (Å²) in [6.07, 6.45) is 16.4. The molecule has 4 heteroatoms. The molecule has 1 unspecified atom stereocenters. The second-order valence-electron chi connectivity index (χ2n) is 14.1. The Hall–Kier alpha value is -6.52. The SMILES string of the molecule is Cc1ccccc1N(c1ccc(Oc2cc(-n3c4c(c5ccccc53)C=CCC4)cc(-n3c4ccccc4c4ccccc43)c2)cc1)C1C=CC=CC1. The lowest BCUT2D eigenvalue weighted by Gasteiger charge is -2.33. The third kappa shape index (κ3) is 5.37. The maximum absolute atomic E-state index is 6.86. The Morgan fingerprint density at radius 1 is 0.604 bits per heavy atom. The van der Waals surface area contributed by atoms with Gasteiger partial charge >= 0.3 is 0 Å². The van der Waals surface area contributed by atoms with Crippen LogP contribution < -0.4 is 9.64 Å². The molecule has 0 amide bonds. The summed E-state index contributed by atoms with van der Waals surface area (Å²) < 4.78 is 11.7. The fourth-order valence-corrected chi connectivity index (χ4v) is 8.46. The monoisotopic (exact) mass is 685 g/mol. The van der Waals surface area contributed by atoms with Crippen molar-refractivity contribution in [1.29, 1.82) is 0 Å². The highest BCUT2D eigenvalue weighted by Gasteiger charge is 2.22. The number of aryl methyl sites for hydroxylation is 1. The standard InChI is InChI=1S/C49H39N3O/c1-34-15-5-10-22-45(34)50(35-16-3-2-4-17-35)36-27-29-39(30-28-36)53-40-32-37(51-46-23-11-6-18-41(46)42-19-7-12-24-47(42)51)31-38(33-40)52-48-25-13-8-20-43(48)44-21-9-14-26-49(44)52/h2-13,15-16,18-25,27-33,35H,14,17,26H2,1H3. The molecule has 0 spiro atoms. The highest BCUT2D eigenvalue weighted by Crippen LogP contribution is 2.40. The number of anilines is 2. The molecule has 10 rings (SSSR count). The minimum atomic E-state index is 0.232. The van der Waals surface area contributed by atoms with Crippen molar-refractivity contribution >= 4 is 50.2 Å². The molecule has 0 fully saturated rings. The molecule has 0 saturated carbocycles. The van der Waals surface area contributed by atoms with E-state index in [0.717, 1.165) is 47.8 Å². The molecule has 0 bridgehead atoms. The normalized spacial score (nSPS) is 15.0. The van der Waals surface area contributed by atoms with Gasteiger partial charge in [-0.2, -0.15) is 0 Å². The first kappa shape index (κ1) is 31.2. The number of benzene rings is 6. The van der Waals surface area contributed by atoms with Crippen molar-refractivity contribution in [1.82, 2.24) is 9.13 Å². The predicted molar refractivity (Wildman–Crippen MR) is 221 cm³/mol. The van der Waals surface area contributed by atoms with Gasteiger partial charge in [0.2, 0.25) is 0 Å². The van der Waals surface area contributed by atoms with Gasteiger partial charge in [-0.25, -0.2) is 0 Å². The Morgan fingerprint density at radius 3 is 1.94 bits per heavy atom. The molecule has 2 aliphatic rings. The van der Waals surface area contributed by atoms with E-state index in [0.29, 0.717) is 0 Å². The Kier molecular flexibility index (Phi) is 7.61. The summed E-state index contributed by atoms with van der Waals surface area (Å²) in [4.78, 5) is 2.44. The highest BCUT2D eigenvalue weighted by atomic mass is 16.5. The van der Waals surface area contributed by atoms with Gasteiger partial charge in [0.25, 0.3) is 0 Å². The van der Waals surface area contributed by atoms with Crippen LogP contribution in [0.3, 0.4) is 0 Å². The summed E-state index contributed by atoms with van der Waals surface area (Å²) in [5, 5.41) is 3.75. The maximum atomic E-state index is 6.86. The third-order valence-electron chi connectivity index (χ3n) is 10.8. The molecule has 2 aliphatic carbocycles. The first-order chi connectivity index (χ1) is 26.2. The molecule has 256 valence electrons. The maximum Gasteiger partial charge on any atom is 0.131 e. The Labute approximate surface area is 309 Å². The lowest BCUT2D eigenvalue weighted by Crippen LogP contribution is -2.30. The van der Waals surface area contributed by atoms with Gasteiger partial charge in [0.15, 0.2) is 0 Å². The van der Waals surface area contributed by atoms with Gasteiger partial charge in [0.1, 0.15) is 11.5 Å². The first-order valence-corrected chi connectivity index (χ1v) is 18.6. The van der Waals surface area contributed by atoms with Crippen LogP contribution in [0.5, 0.6) is 11.5 Å². The largest absolute Gasteiger partial charge is 0.457 e. The van der Waals surface area contributed by atoms with E-state index in [-0.39, 0.29) is 6.04 Å². The quantitative estimate of drug-likeness (QED) is 0.167. The smallest absolute Gasteiger partial charge is 0.131 e. The van der Waals surface area contributed by atoms with Crippen molar-refractivity contribution in [2.75, 3.05) is 4.90 Å². The topological polar surface area (TPSA) is 22.3 Å². The van der Waals surface area contributed by atoms with E-state index < -0.39 is 0 Å². The van der Waals surface area contributed by atoms with Crippen molar-refractivity contribution in [3.8, 4) is 22.9 Å². The summed E-state index contributed by atoms with van der Waals surface area (Å²) in [6, 6.07) is 50.3. The van der Waals surface area contributed by atoms with E-state index in [9.17, 15) is 0 Å². The number of nitrogens with zero attached hydrogens (tertiary/aromatic N) is 3. The van der Waals surface area contributed by atoms with Crippen LogP contribution in [0.1, 0.15) is 29.7 Å². The van der Waals surface area contributed by atoms with Crippen molar-refractivity contribution < 1.29 is 4.74 Å². The van der Waals surface area contributed by atoms with Gasteiger partial charge in [-0.05, 0) is 86.3 Å². The molecule has 6 aromatic carbocycles. The summed E-state index contributed by atoms with van der Waals surface area (Å²) >= 11 is 0. The van der Waals surface area contributed by atoms with Crippen LogP contribution in [0.15, 0.2) is 170 Å². The summed E-state index contributed by atoms with van der Waals surface area (Å²) in [7, 11) is 0. The third-order valence-corrected chi connectivity index (χ3v) is 10.8. The van der Waals surface area contributed by atoms with Crippen LogP contribution in [0.4, 0.5) is 11.4 Å². The van der Waals surface area contributed by atoms with Crippen LogP contribution in [0, 0.1) is 6.92 Å². The first-order valence-electron chi connectivity index (χ1n) is 18.6. The Morgan fingerprint density at radius 2 is 1.25 bits per heavy atom. The van der Waals surface area contributed by atoms with Crippen molar-refractivity contribution in [3.05, 3.63) is 187 Å². The van der Waals surface area contributed by atoms with E-state index in [1.807, 2.05) is 0 Å². The fourth-order valence-electron chi connectivity index (χ4n) is 8.46. The zero-order chi connectivity index (χ0) is 35.3. The van der Waals surface area contributed by atoms with Crippen molar-refractivity contribution in [2.24, 2.45) is 0 Å². The predicted octanol–water partition coefficient (Wildman–Crippen LogP) is 12.8. The number of rotatable bonds is 7. The molecule has 0 radical (unpaired) electrons. The van der Waals surface area contributed by atoms with E-state index in [2.05, 4.69) is 197 Å². The zero-order valence-electron chi connectivity index (χ0n) is 29.7. The number of allylic oxidation sites excluding steroid dienone is 3. The molecule has 0 N–H and O–H groups in total. The average Bonchev–Trinajstić information content (AvgIpc) is 3.73. The van der Waals surface area contributed by atoms with Crippen LogP contribution in [0.25, 0.3) is 50.2 Å². The van der Waals surface area contributed by atoms with Crippen LogP contribution >= 0.6 is 0 Å². The lowest BCUT2D eigenvalue weighted by molar-refractivity contribution is 0.482. The average molecular weight is 686 g/mol. The number of ether oxygens (including phenoxy) is 1. The molecule has 0 saturated heterocycles. The summed E-state index contributed by atoms with van der Waals surface area (Å²) in [6.45, 7) is 2.19. The zero-order valence-corrected chi connectivity index (χ0v) is 29.7. The molecular formula is C49H39N3O. The fraction of sp³-hybridized carbons (Fsp3) is 0.102. The molecular weight excluding hydrogens is 647 g/mol. The van der Waals surface area contributed by atoms with Gasteiger partial charge < -0.3 is 18.8 Å². The van der Waals surface area contributed by atoms with E-state index in [1.165, 1.54) is 55.2 Å². The minimum Gasteiger partial charge on any atom is -0.457 e. The van der Waals surface area contributed by atoms with Gasteiger partial charge in [0, 0.05) is 50.9 Å². The van der Waals surface area contributed by atoms with Gasteiger partial charge in [-0.1, -0.05) is 109 Å². The van der Waals surface area contributed by atoms with Crippen LogP contribution in [-0.2, 0) is 6.42 Å². The molecule has 53 heavy (non-hydrogen) atoms. The second kappa shape index (κ2) is 12.9. The Bertz CT molecular complexity index is 2700. The molecule has 1 atom stereocenters. The highest BCUT2D eigenvalue weighted by molar-refractivity contribution is 6.09. The van der Waals surface area contributed by atoms with Crippen molar-refractivity contribution in [3.63, 3.8) is 0 Å². The van der Waals surface area contributed by atoms with Crippen molar-refractivity contribution in [2.45, 2.75) is 32.2 Å². The van der Waals surface area contributed by atoms with Crippen LogP contribution in [-0.4, -0.2) is 15.2 Å². The number of aromatic nitrogens is 2.